The van der Waals surface area contributed by atoms with E-state index in [1.807, 2.05) is 0 Å². The molecule has 16 heteroatoms. The number of alkyl halides is 3. The van der Waals surface area contributed by atoms with Gasteiger partial charge in [-0.3, -0.25) is 14.5 Å². The fourth-order valence-electron chi connectivity index (χ4n) is 3.17. The summed E-state index contributed by atoms with van der Waals surface area (Å²) in [6.45, 7) is -0.127. The van der Waals surface area contributed by atoms with Crippen LogP contribution in [0.1, 0.15) is 12.8 Å². The van der Waals surface area contributed by atoms with Crippen molar-refractivity contribution in [3.63, 3.8) is 0 Å². The van der Waals surface area contributed by atoms with E-state index in [1.54, 1.807) is 0 Å². The summed E-state index contributed by atoms with van der Waals surface area (Å²) >= 11 is 6.98. The van der Waals surface area contributed by atoms with Crippen LogP contribution >= 0.6 is 35.7 Å². The number of aromatic nitrogens is 2. The number of thiocarbonyl (C=S) groups is 1. The van der Waals surface area contributed by atoms with E-state index in [2.05, 4.69) is 10.2 Å². The molecule has 0 aliphatic carbocycles. The van der Waals surface area contributed by atoms with Crippen LogP contribution in [0.4, 0.5) is 13.2 Å². The molecule has 1 unspecified atom stereocenters. The van der Waals surface area contributed by atoms with E-state index < -0.39 is 48.4 Å². The molecule has 3 rings (SSSR count). The van der Waals surface area contributed by atoms with Crippen molar-refractivity contribution in [2.45, 2.75) is 36.2 Å². The molecule has 32 heavy (non-hydrogen) atoms. The maximum Gasteiger partial charge on any atom is 0.405 e. The van der Waals surface area contributed by atoms with Crippen molar-refractivity contribution in [1.29, 1.82) is 0 Å². The van der Waals surface area contributed by atoms with Gasteiger partial charge in [0.05, 0.1) is 4.99 Å². The van der Waals surface area contributed by atoms with Crippen molar-refractivity contribution in [2.75, 3.05) is 18.1 Å². The summed E-state index contributed by atoms with van der Waals surface area (Å²) < 4.78 is 44.0. The first kappa shape index (κ1) is 24.3. The first-order chi connectivity index (χ1) is 14.9. The zero-order valence-electron chi connectivity index (χ0n) is 16.2. The van der Waals surface area contributed by atoms with E-state index in [0.717, 1.165) is 33.3 Å². The van der Waals surface area contributed by atoms with Gasteiger partial charge in [0.25, 0.3) is 11.1 Å². The highest BCUT2D eigenvalue weighted by Gasteiger charge is 2.57. The van der Waals surface area contributed by atoms with Crippen molar-refractivity contribution < 1.29 is 42.2 Å². The summed E-state index contributed by atoms with van der Waals surface area (Å²) in [6.07, 6.45) is -5.05. The highest BCUT2D eigenvalue weighted by atomic mass is 32.2. The number of nitrogens with zero attached hydrogens (tertiary/aromatic N) is 4. The van der Waals surface area contributed by atoms with Crippen LogP contribution in [0.2, 0.25) is 0 Å². The van der Waals surface area contributed by atoms with Gasteiger partial charge in [-0.2, -0.15) is 13.2 Å². The first-order valence-electron chi connectivity index (χ1n) is 8.80. The van der Waals surface area contributed by atoms with Gasteiger partial charge in [-0.15, -0.1) is 22.0 Å². The molecule has 2 atom stereocenters. The van der Waals surface area contributed by atoms with E-state index in [0.29, 0.717) is 5.57 Å². The molecule has 2 N–H and O–H groups in total. The number of hydrogen-bond donors (Lipinski definition) is 2. The molecule has 1 aromatic heterocycles. The van der Waals surface area contributed by atoms with Crippen LogP contribution in [0, 0.1) is 0 Å². The van der Waals surface area contributed by atoms with Gasteiger partial charge >= 0.3 is 18.1 Å². The molecule has 3 heterocycles. The number of carboxylic acids is 2. The van der Waals surface area contributed by atoms with E-state index in [1.165, 1.54) is 6.92 Å². The van der Waals surface area contributed by atoms with E-state index in [-0.39, 0.29) is 33.3 Å². The second kappa shape index (κ2) is 9.27. The molecule has 1 aromatic rings. The molecule has 0 spiro atoms. The predicted molar refractivity (Wildman–Crippen MR) is 109 cm³/mol. The molecule has 0 aromatic carbocycles. The summed E-state index contributed by atoms with van der Waals surface area (Å²) in [5, 5.41) is 24.8. The Morgan fingerprint density at radius 1 is 1.38 bits per heavy atom. The van der Waals surface area contributed by atoms with Crippen LogP contribution in [0.15, 0.2) is 20.9 Å². The lowest BCUT2D eigenvalue weighted by atomic mass is 10.0. The highest BCUT2D eigenvalue weighted by Crippen LogP contribution is 2.44. The number of thioether (sulfide) groups is 2. The van der Waals surface area contributed by atoms with Crippen molar-refractivity contribution in [3.05, 3.63) is 17.2 Å². The molecule has 174 valence electrons. The number of carbonyl (C=O) groups excluding carboxylic acids is 1. The molecule has 0 radical (unpaired) electrons. The van der Waals surface area contributed by atoms with E-state index >= 15 is 0 Å². The van der Waals surface area contributed by atoms with Crippen LogP contribution in [0.5, 0.6) is 0 Å². The minimum Gasteiger partial charge on any atom is -0.481 e. The van der Waals surface area contributed by atoms with Gasteiger partial charge in [0.1, 0.15) is 30.1 Å². The minimum atomic E-state index is -4.59. The van der Waals surface area contributed by atoms with E-state index in [9.17, 15) is 32.7 Å². The quantitative estimate of drug-likeness (QED) is 0.297. The second-order valence-corrected chi connectivity index (χ2v) is 9.32. The molecule has 1 saturated heterocycles. The molecular weight excluding hydrogens is 497 g/mol. The summed E-state index contributed by atoms with van der Waals surface area (Å²) in [5.74, 6) is -3.26. The fourth-order valence-corrected chi connectivity index (χ4v) is 5.69. The maximum absolute atomic E-state index is 12.9. The minimum absolute atomic E-state index is 0.0195. The smallest absolute Gasteiger partial charge is 0.405 e. The molecule has 2 aliphatic heterocycles. The van der Waals surface area contributed by atoms with Gasteiger partial charge in [0, 0.05) is 11.5 Å². The lowest BCUT2D eigenvalue weighted by molar-refractivity contribution is -0.164. The first-order valence-corrected chi connectivity index (χ1v) is 11.2. The predicted octanol–water partition coefficient (Wildman–Crippen LogP) is 1.62. The Hall–Kier alpha value is -2.33. The van der Waals surface area contributed by atoms with Crippen LogP contribution in [0.25, 0.3) is 0 Å². The number of rotatable bonds is 8. The number of carboxylic acid groups (broad SMARTS) is 2. The second-order valence-electron chi connectivity index (χ2n) is 6.69. The van der Waals surface area contributed by atoms with Gasteiger partial charge in [0.2, 0.25) is 5.89 Å². The summed E-state index contributed by atoms with van der Waals surface area (Å²) in [7, 11) is 0. The average Bonchev–Trinajstić information content (AvgIpc) is 3.10. The summed E-state index contributed by atoms with van der Waals surface area (Å²) in [5.41, 5.74) is 0.0386. The number of hydrogen-bond acceptors (Lipinski definition) is 9. The van der Waals surface area contributed by atoms with Gasteiger partial charge in [-0.25, -0.2) is 4.79 Å². The third-order valence-electron chi connectivity index (χ3n) is 4.43. The molecule has 1 amide bonds. The Morgan fingerprint density at radius 2 is 2.06 bits per heavy atom. The van der Waals surface area contributed by atoms with Gasteiger partial charge in [0.15, 0.2) is 0 Å². The zero-order valence-corrected chi connectivity index (χ0v) is 18.6. The van der Waals surface area contributed by atoms with Gasteiger partial charge in [-0.05, 0) is 12.5 Å². The summed E-state index contributed by atoms with van der Waals surface area (Å²) in [6, 6.07) is -1.21. The Balaban J connectivity index is 1.77. The molecule has 0 bridgehead atoms. The van der Waals surface area contributed by atoms with Crippen LogP contribution in [-0.4, -0.2) is 88.7 Å². The normalized spacial score (nSPS) is 20.6. The topological polar surface area (TPSA) is 137 Å². The Kier molecular flexibility index (Phi) is 7.04. The lowest BCUT2D eigenvalue weighted by Gasteiger charge is -2.53. The molecule has 10 nitrogen and oxygen atoms in total. The summed E-state index contributed by atoms with van der Waals surface area (Å²) in [4.78, 5) is 36.9. The number of β-lactam (4-membered cyclic amide) rings is 1. The number of carbonyl (C=O) groups is 3. The zero-order chi connectivity index (χ0) is 23.8. The number of halogens is 3. The third kappa shape index (κ3) is 5.17. The standard InChI is InChI=1S/C16H15F3N4O6S3/c1-6(30)22(5-16(17,18)19)11-12(26)23-10(14(27)28)7(3-31-13(11)23)4-32-15-21-20-8(29-15)2-9(24)25/h11,13H,2-5H2,1H3,(H,24,25)(H,27,28)/t11?,13-/m0/s1. The SMILES string of the molecule is CC(=S)N(CC(F)(F)F)C1C(=O)N2C(C(=O)O)=C(CSc3nnc(CC(=O)O)o3)CS[C@@H]12. The molecule has 2 aliphatic rings. The highest BCUT2D eigenvalue weighted by molar-refractivity contribution is 8.01. The van der Waals surface area contributed by atoms with Crippen molar-refractivity contribution in [3.8, 4) is 0 Å². The third-order valence-corrected chi connectivity index (χ3v) is 6.90. The average molecular weight is 513 g/mol. The lowest BCUT2D eigenvalue weighted by Crippen LogP contribution is -2.71. The Labute approximate surface area is 192 Å². The van der Waals surface area contributed by atoms with Crippen LogP contribution in [0.3, 0.4) is 0 Å². The maximum atomic E-state index is 12.9. The van der Waals surface area contributed by atoms with Crippen LogP contribution in [-0.2, 0) is 20.8 Å². The molecule has 0 saturated carbocycles. The van der Waals surface area contributed by atoms with Crippen LogP contribution < -0.4 is 0 Å². The molecule has 1 fully saturated rings. The van der Waals surface area contributed by atoms with Crippen molar-refractivity contribution in [1.82, 2.24) is 20.0 Å². The molecular formula is C16H15F3N4O6S3. The van der Waals surface area contributed by atoms with Gasteiger partial charge in [-0.1, -0.05) is 24.0 Å². The number of fused-ring (bicyclic) bond motifs is 1. The van der Waals surface area contributed by atoms with Gasteiger partial charge < -0.3 is 19.5 Å². The van der Waals surface area contributed by atoms with Crippen molar-refractivity contribution >= 4 is 58.6 Å². The van der Waals surface area contributed by atoms with E-state index in [4.69, 9.17) is 21.7 Å². The monoisotopic (exact) mass is 512 g/mol. The fraction of sp³-hybridized carbons (Fsp3) is 0.500. The number of amides is 1. The largest absolute Gasteiger partial charge is 0.481 e. The Bertz CT molecular complexity index is 998. The Morgan fingerprint density at radius 3 is 2.62 bits per heavy atom. The van der Waals surface area contributed by atoms with Crippen molar-refractivity contribution in [2.24, 2.45) is 0 Å². The number of aliphatic carboxylic acids is 2.